The molecule has 13 heavy (non-hydrogen) atoms. The quantitative estimate of drug-likeness (QED) is 0.764. The molecule has 0 spiro atoms. The Labute approximate surface area is 76.3 Å². The summed E-state index contributed by atoms with van der Waals surface area (Å²) in [4.78, 5) is 10.2. The molecule has 0 saturated carbocycles. The molecule has 0 atom stereocenters. The minimum Gasteiger partial charge on any atom is -0.482 e. The molecule has 1 N–H and O–H groups in total. The molecular formula is C10H10O3. The van der Waals surface area contributed by atoms with E-state index in [1.54, 1.807) is 24.3 Å². The van der Waals surface area contributed by atoms with Gasteiger partial charge in [0.2, 0.25) is 0 Å². The predicted molar refractivity (Wildman–Crippen MR) is 49.7 cm³/mol. The summed E-state index contributed by atoms with van der Waals surface area (Å²) in [7, 11) is 0. The Morgan fingerprint density at radius 1 is 1.62 bits per heavy atom. The monoisotopic (exact) mass is 178 g/mol. The summed E-state index contributed by atoms with van der Waals surface area (Å²) in [6, 6.07) is 7.08. The van der Waals surface area contributed by atoms with E-state index >= 15 is 0 Å². The van der Waals surface area contributed by atoms with Crippen LogP contribution >= 0.6 is 0 Å². The third-order valence-corrected chi connectivity index (χ3v) is 1.46. The van der Waals surface area contributed by atoms with E-state index in [0.717, 1.165) is 5.56 Å². The fourth-order valence-electron chi connectivity index (χ4n) is 0.876. The molecule has 0 fully saturated rings. The maximum atomic E-state index is 10.2. The first kappa shape index (κ1) is 9.32. The van der Waals surface area contributed by atoms with Crippen LogP contribution in [0.15, 0.2) is 30.8 Å². The number of benzene rings is 1. The van der Waals surface area contributed by atoms with Crippen LogP contribution in [0, 0.1) is 0 Å². The highest BCUT2D eigenvalue weighted by atomic mass is 16.5. The van der Waals surface area contributed by atoms with Gasteiger partial charge in [-0.25, -0.2) is 4.79 Å². The van der Waals surface area contributed by atoms with E-state index in [4.69, 9.17) is 9.84 Å². The van der Waals surface area contributed by atoms with E-state index in [1.165, 1.54) is 0 Å². The number of aliphatic carboxylic acids is 1. The summed E-state index contributed by atoms with van der Waals surface area (Å²) < 4.78 is 4.96. The number of carboxylic acids is 1. The van der Waals surface area contributed by atoms with Crippen molar-refractivity contribution in [3.8, 4) is 5.75 Å². The minimum atomic E-state index is -0.982. The van der Waals surface area contributed by atoms with E-state index < -0.39 is 5.97 Å². The summed E-state index contributed by atoms with van der Waals surface area (Å²) in [6.45, 7) is 3.28. The van der Waals surface area contributed by atoms with Crippen LogP contribution in [0.1, 0.15) is 5.56 Å². The van der Waals surface area contributed by atoms with Gasteiger partial charge in [0.25, 0.3) is 0 Å². The molecule has 0 unspecified atom stereocenters. The van der Waals surface area contributed by atoms with Gasteiger partial charge in [-0.1, -0.05) is 24.8 Å². The second-order valence-corrected chi connectivity index (χ2v) is 2.46. The summed E-state index contributed by atoms with van der Waals surface area (Å²) >= 11 is 0. The van der Waals surface area contributed by atoms with Gasteiger partial charge in [-0.3, -0.25) is 0 Å². The Balaban J connectivity index is 2.66. The van der Waals surface area contributed by atoms with Gasteiger partial charge in [-0.05, 0) is 17.7 Å². The Bertz CT molecular complexity index is 318. The van der Waals surface area contributed by atoms with E-state index in [0.29, 0.717) is 5.75 Å². The Kier molecular flexibility index (Phi) is 3.09. The third-order valence-electron chi connectivity index (χ3n) is 1.46. The van der Waals surface area contributed by atoms with Crippen molar-refractivity contribution in [1.82, 2.24) is 0 Å². The van der Waals surface area contributed by atoms with Gasteiger partial charge in [0.1, 0.15) is 5.75 Å². The average Bonchev–Trinajstić information content (AvgIpc) is 2.15. The fourth-order valence-corrected chi connectivity index (χ4v) is 0.876. The summed E-state index contributed by atoms with van der Waals surface area (Å²) in [5, 5.41) is 8.36. The van der Waals surface area contributed by atoms with Gasteiger partial charge in [0.15, 0.2) is 6.61 Å². The van der Waals surface area contributed by atoms with Crippen molar-refractivity contribution in [2.75, 3.05) is 6.61 Å². The van der Waals surface area contributed by atoms with E-state index in [1.807, 2.05) is 6.07 Å². The molecule has 0 saturated heterocycles. The van der Waals surface area contributed by atoms with Gasteiger partial charge in [0.05, 0.1) is 0 Å². The molecule has 3 heteroatoms. The molecule has 1 aromatic rings. The van der Waals surface area contributed by atoms with Crippen LogP contribution in [-0.2, 0) is 4.79 Å². The molecule has 0 amide bonds. The van der Waals surface area contributed by atoms with Crippen LogP contribution in [-0.4, -0.2) is 17.7 Å². The topological polar surface area (TPSA) is 46.5 Å². The lowest BCUT2D eigenvalue weighted by Gasteiger charge is -2.02. The normalized spacial score (nSPS) is 9.23. The Morgan fingerprint density at radius 3 is 3.00 bits per heavy atom. The second-order valence-electron chi connectivity index (χ2n) is 2.46. The van der Waals surface area contributed by atoms with E-state index in [-0.39, 0.29) is 6.61 Å². The second kappa shape index (κ2) is 4.30. The van der Waals surface area contributed by atoms with Crippen molar-refractivity contribution in [2.45, 2.75) is 0 Å². The van der Waals surface area contributed by atoms with Crippen molar-refractivity contribution < 1.29 is 14.6 Å². The molecule has 0 aliphatic rings. The zero-order chi connectivity index (χ0) is 9.68. The average molecular weight is 178 g/mol. The SMILES string of the molecule is C=Cc1cccc(OCC(=O)O)c1. The molecule has 0 aliphatic carbocycles. The molecule has 1 aromatic carbocycles. The molecule has 1 rings (SSSR count). The zero-order valence-corrected chi connectivity index (χ0v) is 7.06. The highest BCUT2D eigenvalue weighted by Gasteiger charge is 1.98. The minimum absolute atomic E-state index is 0.319. The van der Waals surface area contributed by atoms with Crippen LogP contribution in [0.4, 0.5) is 0 Å². The van der Waals surface area contributed by atoms with Crippen LogP contribution in [0.3, 0.4) is 0 Å². The highest BCUT2D eigenvalue weighted by molar-refractivity contribution is 5.68. The number of ether oxygens (including phenoxy) is 1. The van der Waals surface area contributed by atoms with Crippen LogP contribution in [0.25, 0.3) is 6.08 Å². The number of carbonyl (C=O) groups is 1. The fraction of sp³-hybridized carbons (Fsp3) is 0.100. The number of carboxylic acid groups (broad SMARTS) is 1. The summed E-state index contributed by atoms with van der Waals surface area (Å²) in [6.07, 6.45) is 1.67. The maximum Gasteiger partial charge on any atom is 0.341 e. The molecular weight excluding hydrogens is 168 g/mol. The van der Waals surface area contributed by atoms with E-state index in [2.05, 4.69) is 6.58 Å². The van der Waals surface area contributed by atoms with Gasteiger partial charge in [0, 0.05) is 0 Å². The van der Waals surface area contributed by atoms with Crippen LogP contribution in [0.5, 0.6) is 5.75 Å². The molecule has 3 nitrogen and oxygen atoms in total. The Hall–Kier alpha value is -1.77. The van der Waals surface area contributed by atoms with Crippen molar-refractivity contribution >= 4 is 12.0 Å². The molecule has 0 aliphatic heterocycles. The lowest BCUT2D eigenvalue weighted by atomic mass is 10.2. The summed E-state index contributed by atoms with van der Waals surface area (Å²) in [5.41, 5.74) is 0.905. The lowest BCUT2D eigenvalue weighted by Crippen LogP contribution is -2.09. The van der Waals surface area contributed by atoms with Gasteiger partial charge < -0.3 is 9.84 Å². The summed E-state index contributed by atoms with van der Waals surface area (Å²) in [5.74, 6) is -0.441. The molecule has 0 heterocycles. The third kappa shape index (κ3) is 2.99. The highest BCUT2D eigenvalue weighted by Crippen LogP contribution is 2.13. The van der Waals surface area contributed by atoms with Gasteiger partial charge in [-0.15, -0.1) is 0 Å². The van der Waals surface area contributed by atoms with Gasteiger partial charge >= 0.3 is 5.97 Å². The smallest absolute Gasteiger partial charge is 0.341 e. The zero-order valence-electron chi connectivity index (χ0n) is 7.06. The van der Waals surface area contributed by atoms with Crippen molar-refractivity contribution in [3.05, 3.63) is 36.4 Å². The van der Waals surface area contributed by atoms with Crippen molar-refractivity contribution in [2.24, 2.45) is 0 Å². The van der Waals surface area contributed by atoms with Gasteiger partial charge in [-0.2, -0.15) is 0 Å². The lowest BCUT2D eigenvalue weighted by molar-refractivity contribution is -0.139. The Morgan fingerprint density at radius 2 is 2.38 bits per heavy atom. The molecule has 68 valence electrons. The largest absolute Gasteiger partial charge is 0.482 e. The van der Waals surface area contributed by atoms with Crippen LogP contribution < -0.4 is 4.74 Å². The van der Waals surface area contributed by atoms with Crippen LogP contribution in [0.2, 0.25) is 0 Å². The number of hydrogen-bond acceptors (Lipinski definition) is 2. The molecule has 0 bridgehead atoms. The molecule has 0 aromatic heterocycles. The maximum absolute atomic E-state index is 10.2. The predicted octanol–water partition coefficient (Wildman–Crippen LogP) is 1.79. The first-order chi connectivity index (χ1) is 6.22. The van der Waals surface area contributed by atoms with E-state index in [9.17, 15) is 4.79 Å². The van der Waals surface area contributed by atoms with Crippen molar-refractivity contribution in [1.29, 1.82) is 0 Å². The molecule has 0 radical (unpaired) electrons. The number of rotatable bonds is 4. The standard InChI is InChI=1S/C10H10O3/c1-2-8-4-3-5-9(6-8)13-7-10(11)12/h2-6H,1,7H2,(H,11,12). The first-order valence-corrected chi connectivity index (χ1v) is 3.79. The first-order valence-electron chi connectivity index (χ1n) is 3.79. The number of hydrogen-bond donors (Lipinski definition) is 1. The van der Waals surface area contributed by atoms with Crippen molar-refractivity contribution in [3.63, 3.8) is 0 Å².